The van der Waals surface area contributed by atoms with Gasteiger partial charge in [-0.15, -0.1) is 0 Å². The molecule has 0 aliphatic heterocycles. The molecule has 4 nitrogen and oxygen atoms in total. The Morgan fingerprint density at radius 3 is 2.13 bits per heavy atom. The lowest BCUT2D eigenvalue weighted by Gasteiger charge is -2.10. The summed E-state index contributed by atoms with van der Waals surface area (Å²) in [5.74, 6) is 1.21. The second-order valence-corrected chi connectivity index (χ2v) is 9.46. The highest BCUT2D eigenvalue weighted by Crippen LogP contribution is 2.26. The van der Waals surface area contributed by atoms with Gasteiger partial charge in [0.25, 0.3) is 0 Å². The van der Waals surface area contributed by atoms with E-state index >= 15 is 0 Å². The molecule has 2 aromatic heterocycles. The molecule has 0 N–H and O–H groups in total. The van der Waals surface area contributed by atoms with Crippen LogP contribution >= 0.6 is 43.5 Å². The van der Waals surface area contributed by atoms with Crippen LogP contribution < -0.4 is 4.74 Å². The fraction of sp³-hybridized carbons (Fsp3) is 0.250. The van der Waals surface area contributed by atoms with Crippen LogP contribution in [-0.2, 0) is 4.74 Å². The maximum absolute atomic E-state index is 5.88. The van der Waals surface area contributed by atoms with E-state index in [4.69, 9.17) is 21.1 Å². The van der Waals surface area contributed by atoms with Crippen LogP contribution in [0.3, 0.4) is 0 Å². The van der Waals surface area contributed by atoms with Gasteiger partial charge in [-0.25, -0.2) is 9.97 Å². The first-order valence-electron chi connectivity index (χ1n) is 9.88. The molecule has 2 aromatic carbocycles. The molecule has 0 radical (unpaired) electrons. The Morgan fingerprint density at radius 1 is 0.839 bits per heavy atom. The smallest absolute Gasteiger partial charge is 0.221 e. The van der Waals surface area contributed by atoms with Crippen LogP contribution in [0.25, 0.3) is 21.5 Å². The first-order valence-corrected chi connectivity index (χ1v) is 11.8. The summed E-state index contributed by atoms with van der Waals surface area (Å²) < 4.78 is 13.3. The first-order chi connectivity index (χ1) is 14.9. The monoisotopic (exact) mass is 564 g/mol. The molecular formula is C24H23Br2ClN2O2. The lowest BCUT2D eigenvalue weighted by Crippen LogP contribution is -2.10. The predicted octanol–water partition coefficient (Wildman–Crippen LogP) is 7.70. The molecule has 4 rings (SSSR count). The summed E-state index contributed by atoms with van der Waals surface area (Å²) in [6.07, 6.45) is 3.47. The lowest BCUT2D eigenvalue weighted by atomic mass is 10.2. The number of nitrogens with zero attached hydrogens (tertiary/aromatic N) is 2. The molecule has 0 fully saturated rings. The van der Waals surface area contributed by atoms with Crippen molar-refractivity contribution in [3.63, 3.8) is 0 Å². The minimum absolute atomic E-state index is 0.523. The Hall–Kier alpha value is -1.73. The van der Waals surface area contributed by atoms with Crippen molar-refractivity contribution in [1.29, 1.82) is 0 Å². The van der Waals surface area contributed by atoms with E-state index in [2.05, 4.69) is 61.7 Å². The summed E-state index contributed by atoms with van der Waals surface area (Å²) in [5, 5.41) is 4.78. The van der Waals surface area contributed by atoms with Crippen molar-refractivity contribution in [1.82, 2.24) is 9.97 Å². The van der Waals surface area contributed by atoms with Gasteiger partial charge < -0.3 is 9.47 Å². The van der Waals surface area contributed by atoms with E-state index in [-0.39, 0.29) is 0 Å². The third kappa shape index (κ3) is 7.14. The molecule has 0 amide bonds. The number of rotatable bonds is 6. The Bertz CT molecular complexity index is 1150. The molecule has 0 saturated carbocycles. The number of pyridine rings is 2. The van der Waals surface area contributed by atoms with Crippen molar-refractivity contribution in [3.8, 4) is 5.88 Å². The SMILES string of the molecule is CC(C)COCCOc1nccc2cc(Br)ccc12.Clc1nccc2cc(Br)ccc12. The molecule has 0 saturated heterocycles. The molecular weight excluding hydrogens is 544 g/mol. The predicted molar refractivity (Wildman–Crippen MR) is 135 cm³/mol. The lowest BCUT2D eigenvalue weighted by molar-refractivity contribution is 0.0811. The summed E-state index contributed by atoms with van der Waals surface area (Å²) >= 11 is 12.7. The first kappa shape index (κ1) is 23.9. The van der Waals surface area contributed by atoms with Crippen molar-refractivity contribution < 1.29 is 9.47 Å². The Balaban J connectivity index is 0.000000194. The van der Waals surface area contributed by atoms with Crippen molar-refractivity contribution in [3.05, 3.63) is 75.0 Å². The van der Waals surface area contributed by atoms with Gasteiger partial charge in [0.2, 0.25) is 5.88 Å². The Labute approximate surface area is 204 Å². The van der Waals surface area contributed by atoms with E-state index in [0.717, 1.165) is 37.1 Å². The van der Waals surface area contributed by atoms with E-state index in [1.165, 1.54) is 0 Å². The molecule has 0 atom stereocenters. The van der Waals surface area contributed by atoms with Gasteiger partial charge in [0.15, 0.2) is 0 Å². The topological polar surface area (TPSA) is 44.2 Å². The third-order valence-electron chi connectivity index (χ3n) is 4.29. The molecule has 162 valence electrons. The Morgan fingerprint density at radius 2 is 1.45 bits per heavy atom. The second-order valence-electron chi connectivity index (χ2n) is 7.27. The van der Waals surface area contributed by atoms with Crippen LogP contribution in [0.4, 0.5) is 0 Å². The van der Waals surface area contributed by atoms with Gasteiger partial charge in [-0.1, -0.05) is 63.4 Å². The molecule has 7 heteroatoms. The van der Waals surface area contributed by atoms with Crippen molar-refractivity contribution in [2.75, 3.05) is 19.8 Å². The maximum Gasteiger partial charge on any atom is 0.221 e. The minimum Gasteiger partial charge on any atom is -0.475 e. The van der Waals surface area contributed by atoms with Crippen LogP contribution in [0.2, 0.25) is 5.15 Å². The Kier molecular flexibility index (Phi) is 9.08. The molecule has 4 aromatic rings. The van der Waals surface area contributed by atoms with Crippen LogP contribution in [0.1, 0.15) is 13.8 Å². The zero-order valence-electron chi connectivity index (χ0n) is 17.3. The molecule has 0 aliphatic rings. The van der Waals surface area contributed by atoms with Crippen LogP contribution in [0.5, 0.6) is 5.88 Å². The van der Waals surface area contributed by atoms with E-state index in [1.54, 1.807) is 12.4 Å². The highest BCUT2D eigenvalue weighted by Gasteiger charge is 2.04. The molecule has 31 heavy (non-hydrogen) atoms. The zero-order chi connectivity index (χ0) is 22.2. The average molecular weight is 567 g/mol. The average Bonchev–Trinajstić information content (AvgIpc) is 2.73. The highest BCUT2D eigenvalue weighted by molar-refractivity contribution is 9.10. The van der Waals surface area contributed by atoms with Gasteiger partial charge in [0, 0.05) is 38.7 Å². The van der Waals surface area contributed by atoms with Crippen molar-refractivity contribution in [2.45, 2.75) is 13.8 Å². The van der Waals surface area contributed by atoms with Gasteiger partial charge >= 0.3 is 0 Å². The number of aromatic nitrogens is 2. The van der Waals surface area contributed by atoms with Crippen LogP contribution in [-0.4, -0.2) is 29.8 Å². The number of fused-ring (bicyclic) bond motifs is 2. The number of ether oxygens (including phenoxy) is 2. The van der Waals surface area contributed by atoms with E-state index < -0.39 is 0 Å². The molecule has 2 heterocycles. The van der Waals surface area contributed by atoms with Crippen molar-refractivity contribution >= 4 is 65.0 Å². The van der Waals surface area contributed by atoms with Gasteiger partial charge in [-0.3, -0.25) is 0 Å². The van der Waals surface area contributed by atoms with Gasteiger partial charge in [0.05, 0.1) is 6.61 Å². The summed E-state index contributed by atoms with van der Waals surface area (Å²) in [4.78, 5) is 8.26. The molecule has 0 aliphatic carbocycles. The number of hydrogen-bond donors (Lipinski definition) is 0. The summed E-state index contributed by atoms with van der Waals surface area (Å²) in [6, 6.07) is 15.9. The quantitative estimate of drug-likeness (QED) is 0.177. The number of halogens is 3. The maximum atomic E-state index is 5.88. The normalized spacial score (nSPS) is 10.9. The van der Waals surface area contributed by atoms with Gasteiger partial charge in [-0.2, -0.15) is 0 Å². The summed E-state index contributed by atoms with van der Waals surface area (Å²) in [7, 11) is 0. The van der Waals surface area contributed by atoms with E-state index in [9.17, 15) is 0 Å². The fourth-order valence-electron chi connectivity index (χ4n) is 2.86. The molecule has 0 unspecified atom stereocenters. The summed E-state index contributed by atoms with van der Waals surface area (Å²) in [5.41, 5.74) is 0. The van der Waals surface area contributed by atoms with Gasteiger partial charge in [0.1, 0.15) is 11.8 Å². The van der Waals surface area contributed by atoms with Gasteiger partial charge in [-0.05, 0) is 59.2 Å². The third-order valence-corrected chi connectivity index (χ3v) is 5.57. The number of hydrogen-bond acceptors (Lipinski definition) is 4. The fourth-order valence-corrected chi connectivity index (χ4v) is 3.85. The summed E-state index contributed by atoms with van der Waals surface area (Å²) in [6.45, 7) is 6.14. The second kappa shape index (κ2) is 11.8. The van der Waals surface area contributed by atoms with E-state index in [1.807, 2.05) is 42.5 Å². The van der Waals surface area contributed by atoms with E-state index in [0.29, 0.717) is 30.2 Å². The van der Waals surface area contributed by atoms with Crippen LogP contribution in [0.15, 0.2) is 69.9 Å². The standard InChI is InChI=1S/C15H18BrNO2.C9H5BrClN/c1-11(2)10-18-7-8-19-15-14-4-3-13(16)9-12(14)5-6-17-15;10-7-1-2-8-6(5-7)3-4-12-9(8)11/h3-6,9,11H,7-8,10H2,1-2H3;1-5H. The molecule has 0 spiro atoms. The zero-order valence-corrected chi connectivity index (χ0v) is 21.2. The van der Waals surface area contributed by atoms with Crippen molar-refractivity contribution in [2.24, 2.45) is 5.92 Å². The molecule has 0 bridgehead atoms. The number of benzene rings is 2. The largest absolute Gasteiger partial charge is 0.475 e. The minimum atomic E-state index is 0.523. The highest BCUT2D eigenvalue weighted by atomic mass is 79.9. The van der Waals surface area contributed by atoms with Crippen LogP contribution in [0, 0.1) is 5.92 Å².